The third kappa shape index (κ3) is 5.40. The normalized spacial score (nSPS) is 27.0. The van der Waals surface area contributed by atoms with Crippen LogP contribution in [-0.2, 0) is 25.6 Å². The van der Waals surface area contributed by atoms with Gasteiger partial charge in [0.05, 0.1) is 31.5 Å². The smallest absolute Gasteiger partial charge is 0.184 e. The van der Waals surface area contributed by atoms with E-state index in [1.807, 2.05) is 91.0 Å². The summed E-state index contributed by atoms with van der Waals surface area (Å²) in [5.41, 5.74) is 2.76. The van der Waals surface area contributed by atoms with Gasteiger partial charge < -0.3 is 18.9 Å². The van der Waals surface area contributed by atoms with E-state index < -0.39 is 6.29 Å². The van der Waals surface area contributed by atoms with Gasteiger partial charge in [-0.1, -0.05) is 91.0 Å². The number of carbonyl (C=O) groups is 1. The molecule has 170 valence electrons. The maximum atomic E-state index is 12.9. The van der Waals surface area contributed by atoms with Crippen molar-refractivity contribution in [3.8, 4) is 0 Å². The summed E-state index contributed by atoms with van der Waals surface area (Å²) in [6, 6.07) is 29.3. The van der Waals surface area contributed by atoms with Gasteiger partial charge in [-0.25, -0.2) is 0 Å². The van der Waals surface area contributed by atoms with Gasteiger partial charge in [-0.05, 0) is 5.56 Å². The van der Waals surface area contributed by atoms with E-state index in [-0.39, 0.29) is 36.6 Å². The molecule has 3 aromatic rings. The van der Waals surface area contributed by atoms with Gasteiger partial charge in [-0.2, -0.15) is 0 Å². The third-order valence-corrected chi connectivity index (χ3v) is 6.21. The van der Waals surface area contributed by atoms with Crippen LogP contribution >= 0.6 is 0 Å². The Morgan fingerprint density at radius 3 is 2.21 bits per heavy atom. The van der Waals surface area contributed by atoms with Crippen LogP contribution in [0.2, 0.25) is 0 Å². The summed E-state index contributed by atoms with van der Waals surface area (Å²) in [5, 5.41) is 0. The summed E-state index contributed by atoms with van der Waals surface area (Å²) >= 11 is 0. The summed E-state index contributed by atoms with van der Waals surface area (Å²) in [5.74, 6) is 0.0483. The Balaban J connectivity index is 1.30. The predicted octanol–water partition coefficient (Wildman–Crippen LogP) is 5.12. The van der Waals surface area contributed by atoms with Crippen LogP contribution in [0.5, 0.6) is 0 Å². The van der Waals surface area contributed by atoms with Crippen molar-refractivity contribution >= 4 is 5.78 Å². The molecule has 0 radical (unpaired) electrons. The van der Waals surface area contributed by atoms with Gasteiger partial charge in [0.25, 0.3) is 0 Å². The molecule has 0 saturated carbocycles. The average Bonchev–Trinajstić information content (AvgIpc) is 2.89. The molecule has 2 saturated heterocycles. The molecule has 0 aromatic heterocycles. The van der Waals surface area contributed by atoms with Crippen molar-refractivity contribution < 1.29 is 23.7 Å². The van der Waals surface area contributed by atoms with Crippen LogP contribution in [0.3, 0.4) is 0 Å². The minimum absolute atomic E-state index is 0.0483. The Bertz CT molecular complexity index is 1020. The fourth-order valence-corrected chi connectivity index (χ4v) is 4.44. The lowest BCUT2D eigenvalue weighted by Gasteiger charge is -2.45. The Hall–Kier alpha value is -2.83. The van der Waals surface area contributed by atoms with Crippen molar-refractivity contribution in [1.29, 1.82) is 0 Å². The van der Waals surface area contributed by atoms with Gasteiger partial charge in [-0.3, -0.25) is 4.79 Å². The molecule has 0 spiro atoms. The number of hydrogen-bond acceptors (Lipinski definition) is 5. The van der Waals surface area contributed by atoms with Crippen molar-refractivity contribution in [2.45, 2.75) is 50.2 Å². The van der Waals surface area contributed by atoms with Crippen LogP contribution in [0.15, 0.2) is 91.0 Å². The molecule has 0 amide bonds. The van der Waals surface area contributed by atoms with Gasteiger partial charge in [0.2, 0.25) is 0 Å². The lowest BCUT2D eigenvalue weighted by atomic mass is 9.93. The van der Waals surface area contributed by atoms with Crippen molar-refractivity contribution in [2.24, 2.45) is 0 Å². The number of hydrogen-bond donors (Lipinski definition) is 0. The molecule has 2 heterocycles. The van der Waals surface area contributed by atoms with E-state index in [4.69, 9.17) is 18.9 Å². The SMILES string of the molecule is O=C(C[C@@H]1O[C@@H]2COC(c3ccccc3)O[C@H]2C[C@@H]1OCc1ccccc1)c1ccccc1. The zero-order valence-electron chi connectivity index (χ0n) is 18.4. The second kappa shape index (κ2) is 10.4. The number of rotatable bonds is 7. The van der Waals surface area contributed by atoms with Crippen molar-refractivity contribution in [2.75, 3.05) is 6.61 Å². The minimum Gasteiger partial charge on any atom is -0.371 e. The fourth-order valence-electron chi connectivity index (χ4n) is 4.44. The largest absolute Gasteiger partial charge is 0.371 e. The van der Waals surface area contributed by atoms with Crippen LogP contribution in [0.4, 0.5) is 0 Å². The highest BCUT2D eigenvalue weighted by molar-refractivity contribution is 5.96. The lowest BCUT2D eigenvalue weighted by Crippen LogP contribution is -2.54. The Labute approximate surface area is 194 Å². The van der Waals surface area contributed by atoms with E-state index in [0.717, 1.165) is 11.1 Å². The van der Waals surface area contributed by atoms with E-state index in [2.05, 4.69) is 0 Å². The maximum absolute atomic E-state index is 12.9. The number of benzene rings is 3. The van der Waals surface area contributed by atoms with Gasteiger partial charge in [0, 0.05) is 24.0 Å². The molecular weight excluding hydrogens is 416 g/mol. The second-order valence-corrected chi connectivity index (χ2v) is 8.53. The predicted molar refractivity (Wildman–Crippen MR) is 124 cm³/mol. The molecule has 5 heteroatoms. The van der Waals surface area contributed by atoms with Gasteiger partial charge in [0.1, 0.15) is 6.10 Å². The Kier molecular flexibility index (Phi) is 6.93. The highest BCUT2D eigenvalue weighted by atomic mass is 16.7. The number of ketones is 1. The van der Waals surface area contributed by atoms with E-state index in [9.17, 15) is 4.79 Å². The van der Waals surface area contributed by atoms with Crippen LogP contribution in [0, 0.1) is 0 Å². The topological polar surface area (TPSA) is 54.0 Å². The molecule has 3 aromatic carbocycles. The Morgan fingerprint density at radius 2 is 1.48 bits per heavy atom. The molecule has 0 bridgehead atoms. The van der Waals surface area contributed by atoms with Crippen molar-refractivity contribution in [1.82, 2.24) is 0 Å². The molecule has 5 atom stereocenters. The zero-order chi connectivity index (χ0) is 22.5. The summed E-state index contributed by atoms with van der Waals surface area (Å²) in [4.78, 5) is 12.9. The molecule has 5 nitrogen and oxygen atoms in total. The minimum atomic E-state index is -0.423. The summed E-state index contributed by atoms with van der Waals surface area (Å²) in [6.07, 6.45) is -0.515. The highest BCUT2D eigenvalue weighted by Crippen LogP contribution is 2.36. The van der Waals surface area contributed by atoms with Gasteiger partial charge in [-0.15, -0.1) is 0 Å². The molecule has 1 unspecified atom stereocenters. The fraction of sp³-hybridized carbons (Fsp3) is 0.321. The number of Topliss-reactive ketones (excluding diaryl/α,β-unsaturated/α-hetero) is 1. The molecule has 2 aliphatic heterocycles. The van der Waals surface area contributed by atoms with Gasteiger partial charge >= 0.3 is 0 Å². The summed E-state index contributed by atoms with van der Waals surface area (Å²) in [6.45, 7) is 0.882. The van der Waals surface area contributed by atoms with E-state index in [1.54, 1.807) is 0 Å². The Morgan fingerprint density at radius 1 is 0.818 bits per heavy atom. The van der Waals surface area contributed by atoms with E-state index in [1.165, 1.54) is 0 Å². The first kappa shape index (κ1) is 22.0. The number of fused-ring (bicyclic) bond motifs is 1. The van der Waals surface area contributed by atoms with Crippen LogP contribution < -0.4 is 0 Å². The molecule has 0 N–H and O–H groups in total. The molecule has 5 rings (SSSR count). The zero-order valence-corrected chi connectivity index (χ0v) is 18.4. The molecule has 2 fully saturated rings. The first-order chi connectivity index (χ1) is 16.3. The van der Waals surface area contributed by atoms with Crippen molar-refractivity contribution in [3.05, 3.63) is 108 Å². The number of ether oxygens (including phenoxy) is 4. The van der Waals surface area contributed by atoms with Crippen LogP contribution in [0.25, 0.3) is 0 Å². The van der Waals surface area contributed by atoms with E-state index >= 15 is 0 Å². The quantitative estimate of drug-likeness (QED) is 0.474. The van der Waals surface area contributed by atoms with Crippen LogP contribution in [0.1, 0.15) is 40.6 Å². The molecular formula is C28H28O5. The van der Waals surface area contributed by atoms with E-state index in [0.29, 0.717) is 25.2 Å². The molecule has 33 heavy (non-hydrogen) atoms. The van der Waals surface area contributed by atoms with Gasteiger partial charge in [0.15, 0.2) is 12.1 Å². The highest BCUT2D eigenvalue weighted by Gasteiger charge is 2.44. The monoisotopic (exact) mass is 444 g/mol. The molecule has 2 aliphatic rings. The second-order valence-electron chi connectivity index (χ2n) is 8.53. The molecule has 0 aliphatic carbocycles. The summed E-state index contributed by atoms with van der Waals surface area (Å²) < 4.78 is 24.9. The standard InChI is InChI=1S/C28H28O5/c29-23(21-12-6-2-7-13-21)16-25-24(30-18-20-10-4-1-5-11-20)17-26-27(32-25)19-31-28(33-26)22-14-8-3-9-15-22/h1-15,24-28H,16-19H2/t24-,25-,26-,27+,28?/m0/s1. The van der Waals surface area contributed by atoms with Crippen molar-refractivity contribution in [3.63, 3.8) is 0 Å². The first-order valence-corrected chi connectivity index (χ1v) is 11.5. The average molecular weight is 445 g/mol. The third-order valence-electron chi connectivity index (χ3n) is 6.21. The summed E-state index contributed by atoms with van der Waals surface area (Å²) in [7, 11) is 0. The number of carbonyl (C=O) groups excluding carboxylic acids is 1. The maximum Gasteiger partial charge on any atom is 0.184 e. The first-order valence-electron chi connectivity index (χ1n) is 11.5. The van der Waals surface area contributed by atoms with Crippen LogP contribution in [-0.4, -0.2) is 36.8 Å². The lowest BCUT2D eigenvalue weighted by molar-refractivity contribution is -0.305.